The fourth-order valence-electron chi connectivity index (χ4n) is 3.24. The van der Waals surface area contributed by atoms with Gasteiger partial charge in [-0.25, -0.2) is 9.37 Å². The lowest BCUT2D eigenvalue weighted by Gasteiger charge is -2.08. The Morgan fingerprint density at radius 1 is 1.03 bits per heavy atom. The van der Waals surface area contributed by atoms with E-state index in [1.165, 1.54) is 29.1 Å². The van der Waals surface area contributed by atoms with Crippen LogP contribution in [0.4, 0.5) is 4.39 Å². The van der Waals surface area contributed by atoms with E-state index >= 15 is 0 Å². The summed E-state index contributed by atoms with van der Waals surface area (Å²) in [5.41, 5.74) is 1.23. The molecule has 31 heavy (non-hydrogen) atoms. The average molecular weight is 422 g/mol. The number of amides is 2. The molecule has 9 heteroatoms. The summed E-state index contributed by atoms with van der Waals surface area (Å²) in [6.07, 6.45) is 1.36. The van der Waals surface area contributed by atoms with Crippen LogP contribution in [0.15, 0.2) is 64.1 Å². The predicted octanol–water partition coefficient (Wildman–Crippen LogP) is 1.76. The minimum absolute atomic E-state index is 0.0459. The number of hydrogen-bond acceptors (Lipinski definition) is 5. The van der Waals surface area contributed by atoms with Gasteiger partial charge >= 0.3 is 0 Å². The highest BCUT2D eigenvalue weighted by molar-refractivity contribution is 6.01. The Morgan fingerprint density at radius 3 is 2.61 bits per heavy atom. The second-order valence-corrected chi connectivity index (χ2v) is 6.96. The Morgan fingerprint density at radius 2 is 1.81 bits per heavy atom. The van der Waals surface area contributed by atoms with Crippen molar-refractivity contribution < 1.29 is 18.4 Å². The fraction of sp³-hybridized carbons (Fsp3) is 0.182. The van der Waals surface area contributed by atoms with Gasteiger partial charge in [-0.2, -0.15) is 0 Å². The summed E-state index contributed by atoms with van der Waals surface area (Å²) < 4.78 is 19.9. The Labute approximate surface area is 175 Å². The normalized spacial score (nSPS) is 11.0. The molecule has 0 aliphatic heterocycles. The molecule has 0 unspecified atom stereocenters. The summed E-state index contributed by atoms with van der Waals surface area (Å²) in [6, 6.07) is 13.0. The van der Waals surface area contributed by atoms with E-state index in [-0.39, 0.29) is 37.5 Å². The SMILES string of the molecule is O=C(Cc1cccc(F)c1)NCCNC(=O)Cn1cnc2c(oc3ccccc32)c1=O. The molecule has 4 rings (SSSR count). The van der Waals surface area contributed by atoms with Crippen molar-refractivity contribution in [2.45, 2.75) is 13.0 Å². The maximum Gasteiger partial charge on any atom is 0.297 e. The summed E-state index contributed by atoms with van der Waals surface area (Å²) >= 11 is 0. The van der Waals surface area contributed by atoms with E-state index in [0.29, 0.717) is 16.7 Å². The van der Waals surface area contributed by atoms with Crippen LogP contribution in [-0.2, 0) is 22.6 Å². The van der Waals surface area contributed by atoms with Gasteiger partial charge in [-0.15, -0.1) is 0 Å². The van der Waals surface area contributed by atoms with Gasteiger partial charge in [0, 0.05) is 18.5 Å². The third-order valence-electron chi connectivity index (χ3n) is 4.69. The molecule has 0 saturated carbocycles. The second-order valence-electron chi connectivity index (χ2n) is 6.96. The molecule has 0 spiro atoms. The molecular weight excluding hydrogens is 403 g/mol. The largest absolute Gasteiger partial charge is 0.448 e. The summed E-state index contributed by atoms with van der Waals surface area (Å²) in [7, 11) is 0. The van der Waals surface area contributed by atoms with E-state index in [1.807, 2.05) is 12.1 Å². The van der Waals surface area contributed by atoms with E-state index in [1.54, 1.807) is 18.2 Å². The van der Waals surface area contributed by atoms with Gasteiger partial charge in [0.05, 0.1) is 12.7 Å². The Balaban J connectivity index is 1.29. The van der Waals surface area contributed by atoms with Crippen LogP contribution in [0.2, 0.25) is 0 Å². The summed E-state index contributed by atoms with van der Waals surface area (Å²) in [5.74, 6) is -1.09. The van der Waals surface area contributed by atoms with Crippen molar-refractivity contribution in [2.75, 3.05) is 13.1 Å². The van der Waals surface area contributed by atoms with Crippen LogP contribution >= 0.6 is 0 Å². The van der Waals surface area contributed by atoms with Gasteiger partial charge in [-0.05, 0) is 29.8 Å². The number of carbonyl (C=O) groups is 2. The van der Waals surface area contributed by atoms with Gasteiger partial charge in [-0.1, -0.05) is 24.3 Å². The number of rotatable bonds is 7. The van der Waals surface area contributed by atoms with Crippen LogP contribution in [0, 0.1) is 5.82 Å². The van der Waals surface area contributed by atoms with Crippen molar-refractivity contribution >= 4 is 33.9 Å². The van der Waals surface area contributed by atoms with Gasteiger partial charge in [0.1, 0.15) is 23.5 Å². The molecule has 0 atom stereocenters. The molecular formula is C22H19FN4O4. The zero-order valence-corrected chi connectivity index (χ0v) is 16.4. The highest BCUT2D eigenvalue weighted by Crippen LogP contribution is 2.23. The van der Waals surface area contributed by atoms with Crippen molar-refractivity contribution in [1.82, 2.24) is 20.2 Å². The number of nitrogens with zero attached hydrogens (tertiary/aromatic N) is 2. The molecule has 0 bridgehead atoms. The van der Waals surface area contributed by atoms with Crippen molar-refractivity contribution in [3.8, 4) is 0 Å². The zero-order chi connectivity index (χ0) is 21.8. The number of carbonyl (C=O) groups excluding carboxylic acids is 2. The Kier molecular flexibility index (Phi) is 5.74. The predicted molar refractivity (Wildman–Crippen MR) is 112 cm³/mol. The number of fused-ring (bicyclic) bond motifs is 3. The molecule has 2 aromatic heterocycles. The van der Waals surface area contributed by atoms with Gasteiger partial charge in [0.2, 0.25) is 17.4 Å². The van der Waals surface area contributed by atoms with Crippen LogP contribution in [-0.4, -0.2) is 34.5 Å². The minimum atomic E-state index is -0.445. The Bertz CT molecular complexity index is 1330. The maximum atomic E-state index is 13.1. The number of aromatic nitrogens is 2. The molecule has 2 heterocycles. The second kappa shape index (κ2) is 8.78. The van der Waals surface area contributed by atoms with Crippen LogP contribution in [0.3, 0.4) is 0 Å². The number of benzene rings is 2. The summed E-state index contributed by atoms with van der Waals surface area (Å²) in [6.45, 7) is 0.161. The van der Waals surface area contributed by atoms with Crippen molar-refractivity contribution in [2.24, 2.45) is 0 Å². The van der Waals surface area contributed by atoms with E-state index in [4.69, 9.17) is 4.42 Å². The van der Waals surface area contributed by atoms with Crippen molar-refractivity contribution in [3.05, 3.63) is 76.6 Å². The molecule has 8 nitrogen and oxygen atoms in total. The third-order valence-corrected chi connectivity index (χ3v) is 4.69. The highest BCUT2D eigenvalue weighted by Gasteiger charge is 2.14. The lowest BCUT2D eigenvalue weighted by molar-refractivity contribution is -0.123. The molecule has 2 N–H and O–H groups in total. The van der Waals surface area contributed by atoms with E-state index in [2.05, 4.69) is 15.6 Å². The molecule has 2 aromatic carbocycles. The maximum absolute atomic E-state index is 13.1. The van der Waals surface area contributed by atoms with Gasteiger partial charge < -0.3 is 15.1 Å². The lowest BCUT2D eigenvalue weighted by Crippen LogP contribution is -2.38. The average Bonchev–Trinajstić information content (AvgIpc) is 3.13. The van der Waals surface area contributed by atoms with E-state index in [9.17, 15) is 18.8 Å². The monoisotopic (exact) mass is 422 g/mol. The first-order valence-electron chi connectivity index (χ1n) is 9.66. The molecule has 0 aliphatic rings. The van der Waals surface area contributed by atoms with E-state index < -0.39 is 17.3 Å². The van der Waals surface area contributed by atoms with Crippen LogP contribution in [0.25, 0.3) is 22.1 Å². The van der Waals surface area contributed by atoms with Gasteiger partial charge in [0.25, 0.3) is 5.56 Å². The quantitative estimate of drug-likeness (QED) is 0.442. The lowest BCUT2D eigenvalue weighted by atomic mass is 10.1. The number of para-hydroxylation sites is 1. The van der Waals surface area contributed by atoms with Crippen LogP contribution in [0.5, 0.6) is 0 Å². The first-order chi connectivity index (χ1) is 15.0. The fourth-order valence-corrected chi connectivity index (χ4v) is 3.24. The number of furan rings is 1. The number of hydrogen-bond donors (Lipinski definition) is 2. The van der Waals surface area contributed by atoms with Gasteiger partial charge in [-0.3, -0.25) is 19.0 Å². The van der Waals surface area contributed by atoms with Crippen LogP contribution in [0.1, 0.15) is 5.56 Å². The summed E-state index contributed by atoms with van der Waals surface area (Å²) in [4.78, 5) is 40.9. The first-order valence-corrected chi connectivity index (χ1v) is 9.66. The van der Waals surface area contributed by atoms with Crippen molar-refractivity contribution in [1.29, 1.82) is 0 Å². The number of halogens is 1. The summed E-state index contributed by atoms with van der Waals surface area (Å²) in [5, 5.41) is 6.01. The van der Waals surface area contributed by atoms with Crippen molar-refractivity contribution in [3.63, 3.8) is 0 Å². The Hall–Kier alpha value is -4.01. The topological polar surface area (TPSA) is 106 Å². The minimum Gasteiger partial charge on any atom is -0.448 e. The zero-order valence-electron chi connectivity index (χ0n) is 16.4. The molecule has 4 aromatic rings. The molecule has 158 valence electrons. The molecule has 0 saturated heterocycles. The first kappa shape index (κ1) is 20.3. The molecule has 0 radical (unpaired) electrons. The van der Waals surface area contributed by atoms with E-state index in [0.717, 1.165) is 5.39 Å². The third kappa shape index (κ3) is 4.61. The molecule has 0 aliphatic carbocycles. The number of nitrogens with one attached hydrogen (secondary N) is 2. The molecule has 2 amide bonds. The standard InChI is InChI=1S/C22H19FN4O4/c23-15-5-3-4-14(10-15)11-18(28)24-8-9-25-19(29)12-27-13-26-20-16-6-1-2-7-17(16)31-21(20)22(27)30/h1-7,10,13H,8-9,11-12H2,(H,24,28)(H,25,29). The highest BCUT2D eigenvalue weighted by atomic mass is 19.1. The van der Waals surface area contributed by atoms with Gasteiger partial charge in [0.15, 0.2) is 0 Å². The molecule has 0 fully saturated rings. The van der Waals surface area contributed by atoms with Crippen LogP contribution < -0.4 is 16.2 Å². The smallest absolute Gasteiger partial charge is 0.297 e.